The number of hydrogen-bond donors (Lipinski definition) is 3. The topological polar surface area (TPSA) is 87.0 Å². The molecule has 1 aromatic carbocycles. The van der Waals surface area contributed by atoms with Crippen LogP contribution in [-0.4, -0.2) is 40.6 Å². The number of halogens is 2. The maximum absolute atomic E-state index is 10.7. The standard InChI is InChI=1S/C17H18Cl2O5/c18-15-12(24-8-13(22)23)5-9-7-17(3-4-20)2-1-10(21)6-11(17)14(9)16(15)19/h5-6,10,20-21H,1-4,7-8H2,(H,22,23). The summed E-state index contributed by atoms with van der Waals surface area (Å²) in [5, 5.41) is 28.7. The number of aliphatic carboxylic acids is 1. The van der Waals surface area contributed by atoms with E-state index >= 15 is 0 Å². The molecule has 1 aromatic rings. The minimum atomic E-state index is -1.10. The number of hydrogen-bond acceptors (Lipinski definition) is 4. The SMILES string of the molecule is O=C(O)COc1cc2c(c(Cl)c1Cl)C1=CC(O)CCC1(CCO)C2. The van der Waals surface area contributed by atoms with Crippen LogP contribution in [-0.2, 0) is 11.2 Å². The Hall–Kier alpha value is -1.27. The molecule has 7 heteroatoms. The first-order chi connectivity index (χ1) is 11.4. The van der Waals surface area contributed by atoms with Gasteiger partial charge in [-0.05, 0) is 42.9 Å². The van der Waals surface area contributed by atoms with Crippen molar-refractivity contribution in [3.63, 3.8) is 0 Å². The Morgan fingerprint density at radius 2 is 2.12 bits per heavy atom. The second-order valence-electron chi connectivity index (χ2n) is 6.34. The third-order valence-corrected chi connectivity index (χ3v) is 5.69. The van der Waals surface area contributed by atoms with Crippen LogP contribution in [0.4, 0.5) is 0 Å². The Labute approximate surface area is 149 Å². The summed E-state index contributed by atoms with van der Waals surface area (Å²) in [6.07, 6.45) is 3.85. The summed E-state index contributed by atoms with van der Waals surface area (Å²) in [7, 11) is 0. The van der Waals surface area contributed by atoms with Crippen molar-refractivity contribution in [2.45, 2.75) is 31.8 Å². The average molecular weight is 373 g/mol. The van der Waals surface area contributed by atoms with Crippen LogP contribution in [0, 0.1) is 5.41 Å². The lowest BCUT2D eigenvalue weighted by Gasteiger charge is -2.35. The van der Waals surface area contributed by atoms with Crippen molar-refractivity contribution in [2.24, 2.45) is 5.41 Å². The second-order valence-corrected chi connectivity index (χ2v) is 7.09. The van der Waals surface area contributed by atoms with Crippen LogP contribution in [0.2, 0.25) is 10.0 Å². The van der Waals surface area contributed by atoms with Crippen molar-refractivity contribution in [3.8, 4) is 5.75 Å². The van der Waals surface area contributed by atoms with Crippen molar-refractivity contribution >= 4 is 34.7 Å². The lowest BCUT2D eigenvalue weighted by atomic mass is 9.70. The Balaban J connectivity index is 2.08. The van der Waals surface area contributed by atoms with E-state index in [9.17, 15) is 15.0 Å². The Bertz CT molecular complexity index is 715. The summed E-state index contributed by atoms with van der Waals surface area (Å²) in [6, 6.07) is 1.72. The van der Waals surface area contributed by atoms with Crippen LogP contribution >= 0.6 is 23.2 Å². The molecule has 0 saturated heterocycles. The molecule has 0 amide bonds. The number of benzene rings is 1. The fraction of sp³-hybridized carbons (Fsp3) is 0.471. The van der Waals surface area contributed by atoms with Crippen LogP contribution in [0.25, 0.3) is 5.57 Å². The van der Waals surface area contributed by atoms with E-state index in [0.717, 1.165) is 23.1 Å². The van der Waals surface area contributed by atoms with Crippen LogP contribution < -0.4 is 4.74 Å². The highest BCUT2D eigenvalue weighted by molar-refractivity contribution is 6.44. The van der Waals surface area contributed by atoms with E-state index in [1.54, 1.807) is 12.1 Å². The molecule has 2 unspecified atom stereocenters. The van der Waals surface area contributed by atoms with Gasteiger partial charge in [-0.2, -0.15) is 0 Å². The van der Waals surface area contributed by atoms with E-state index in [-0.39, 0.29) is 22.8 Å². The zero-order chi connectivity index (χ0) is 17.5. The van der Waals surface area contributed by atoms with Gasteiger partial charge in [0.2, 0.25) is 0 Å². The predicted octanol–water partition coefficient (Wildman–Crippen LogP) is 2.92. The highest BCUT2D eigenvalue weighted by atomic mass is 35.5. The summed E-state index contributed by atoms with van der Waals surface area (Å²) in [5.41, 5.74) is 2.33. The molecule has 130 valence electrons. The van der Waals surface area contributed by atoms with Crippen LogP contribution in [0.15, 0.2) is 12.1 Å². The third kappa shape index (κ3) is 2.90. The number of aliphatic hydroxyl groups excluding tert-OH is 2. The molecule has 0 saturated carbocycles. The minimum Gasteiger partial charge on any atom is -0.480 e. The van der Waals surface area contributed by atoms with Crippen molar-refractivity contribution < 1.29 is 24.9 Å². The summed E-state index contributed by atoms with van der Waals surface area (Å²) in [4.78, 5) is 10.7. The molecular weight excluding hydrogens is 355 g/mol. The number of fused-ring (bicyclic) bond motifs is 3. The van der Waals surface area contributed by atoms with Crippen molar-refractivity contribution in [1.29, 1.82) is 0 Å². The molecular formula is C17H18Cl2O5. The van der Waals surface area contributed by atoms with E-state index in [4.69, 9.17) is 33.0 Å². The number of carboxylic acids is 1. The van der Waals surface area contributed by atoms with Gasteiger partial charge in [0.05, 0.1) is 11.1 Å². The lowest BCUT2D eigenvalue weighted by Crippen LogP contribution is -2.28. The number of carboxylic acid groups (broad SMARTS) is 1. The lowest BCUT2D eigenvalue weighted by molar-refractivity contribution is -0.139. The first-order valence-electron chi connectivity index (χ1n) is 7.75. The normalized spacial score (nSPS) is 25.0. The summed E-state index contributed by atoms with van der Waals surface area (Å²) >= 11 is 12.7. The van der Waals surface area contributed by atoms with E-state index in [2.05, 4.69) is 0 Å². The largest absolute Gasteiger partial charge is 0.480 e. The zero-order valence-electron chi connectivity index (χ0n) is 12.9. The molecule has 0 aromatic heterocycles. The van der Waals surface area contributed by atoms with Gasteiger partial charge < -0.3 is 20.1 Å². The molecule has 24 heavy (non-hydrogen) atoms. The molecule has 3 N–H and O–H groups in total. The third-order valence-electron chi connectivity index (χ3n) is 4.84. The van der Waals surface area contributed by atoms with Crippen LogP contribution in [0.5, 0.6) is 5.75 Å². The van der Waals surface area contributed by atoms with Gasteiger partial charge in [0.15, 0.2) is 6.61 Å². The molecule has 2 aliphatic carbocycles. The Morgan fingerprint density at radius 1 is 1.38 bits per heavy atom. The summed E-state index contributed by atoms with van der Waals surface area (Å²) in [5.74, 6) is -0.860. The maximum Gasteiger partial charge on any atom is 0.341 e. The first-order valence-corrected chi connectivity index (χ1v) is 8.50. The van der Waals surface area contributed by atoms with Gasteiger partial charge in [-0.3, -0.25) is 0 Å². The average Bonchev–Trinajstić information content (AvgIpc) is 2.83. The molecule has 0 bridgehead atoms. The van der Waals surface area contributed by atoms with E-state index in [0.29, 0.717) is 24.3 Å². The number of rotatable bonds is 5. The molecule has 2 aliphatic rings. The molecule has 0 heterocycles. The van der Waals surface area contributed by atoms with E-state index < -0.39 is 18.7 Å². The molecule has 2 atom stereocenters. The van der Waals surface area contributed by atoms with Crippen molar-refractivity contribution in [3.05, 3.63) is 33.3 Å². The van der Waals surface area contributed by atoms with Gasteiger partial charge in [-0.15, -0.1) is 0 Å². The molecule has 5 nitrogen and oxygen atoms in total. The fourth-order valence-corrected chi connectivity index (χ4v) is 4.32. The molecule has 0 spiro atoms. The quantitative estimate of drug-likeness (QED) is 0.739. The minimum absolute atomic E-state index is 0.0369. The van der Waals surface area contributed by atoms with Gasteiger partial charge in [0, 0.05) is 17.6 Å². The highest BCUT2D eigenvalue weighted by Crippen LogP contribution is 2.58. The monoisotopic (exact) mass is 372 g/mol. The Kier molecular flexibility index (Phi) is 4.80. The van der Waals surface area contributed by atoms with Gasteiger partial charge in [-0.25, -0.2) is 4.79 Å². The fourth-order valence-electron chi connectivity index (χ4n) is 3.80. The maximum atomic E-state index is 10.7. The zero-order valence-corrected chi connectivity index (χ0v) is 14.4. The molecule has 0 fully saturated rings. The van der Waals surface area contributed by atoms with Crippen LogP contribution in [0.1, 0.15) is 30.4 Å². The van der Waals surface area contributed by atoms with E-state index in [1.807, 2.05) is 0 Å². The number of ether oxygens (including phenoxy) is 1. The van der Waals surface area contributed by atoms with Crippen LogP contribution in [0.3, 0.4) is 0 Å². The predicted molar refractivity (Wildman–Crippen MR) is 90.7 cm³/mol. The number of carbonyl (C=O) groups is 1. The summed E-state index contributed by atoms with van der Waals surface area (Å²) < 4.78 is 5.24. The van der Waals surface area contributed by atoms with Crippen molar-refractivity contribution in [1.82, 2.24) is 0 Å². The van der Waals surface area contributed by atoms with Gasteiger partial charge in [-0.1, -0.05) is 29.3 Å². The number of aliphatic hydroxyl groups is 2. The van der Waals surface area contributed by atoms with Gasteiger partial charge in [0.25, 0.3) is 0 Å². The van der Waals surface area contributed by atoms with Gasteiger partial charge >= 0.3 is 5.97 Å². The smallest absolute Gasteiger partial charge is 0.341 e. The summed E-state index contributed by atoms with van der Waals surface area (Å²) in [6.45, 7) is -0.465. The molecule has 0 aliphatic heterocycles. The highest BCUT2D eigenvalue weighted by Gasteiger charge is 2.45. The first kappa shape index (κ1) is 17.5. The van der Waals surface area contributed by atoms with E-state index in [1.165, 1.54) is 0 Å². The molecule has 0 radical (unpaired) electrons. The Morgan fingerprint density at radius 3 is 2.79 bits per heavy atom. The number of allylic oxidation sites excluding steroid dienone is 1. The van der Waals surface area contributed by atoms with Gasteiger partial charge in [0.1, 0.15) is 10.8 Å². The van der Waals surface area contributed by atoms with Crippen molar-refractivity contribution in [2.75, 3.05) is 13.2 Å². The second kappa shape index (κ2) is 6.56. The molecule has 3 rings (SSSR count).